The molecule has 0 spiro atoms. The molecule has 0 radical (unpaired) electrons. The second kappa shape index (κ2) is 8.74. The molecule has 0 aliphatic rings. The number of hydrogen-bond acceptors (Lipinski definition) is 3. The molecule has 0 atom stereocenters. The van der Waals surface area contributed by atoms with Gasteiger partial charge >= 0.3 is 5.97 Å². The van der Waals surface area contributed by atoms with Crippen LogP contribution in [0, 0.1) is 0 Å². The van der Waals surface area contributed by atoms with Gasteiger partial charge in [0.05, 0.1) is 4.90 Å². The van der Waals surface area contributed by atoms with Gasteiger partial charge in [-0.1, -0.05) is 65.8 Å². The van der Waals surface area contributed by atoms with Crippen LogP contribution in [0.1, 0.15) is 21.6 Å². The molecule has 0 saturated carbocycles. The van der Waals surface area contributed by atoms with Crippen molar-refractivity contribution < 1.29 is 9.90 Å². The average molecular weight is 423 g/mol. The number of fused-ring (bicyclic) bond motifs is 1. The molecular formula is C23H19ClN2O2S. The maximum absolute atomic E-state index is 11.8. The summed E-state index contributed by atoms with van der Waals surface area (Å²) in [4.78, 5) is 16.6. The van der Waals surface area contributed by atoms with Crippen LogP contribution in [-0.2, 0) is 13.1 Å². The van der Waals surface area contributed by atoms with Crippen LogP contribution in [-0.4, -0.2) is 16.1 Å². The quantitative estimate of drug-likeness (QED) is 0.343. The molecule has 1 heterocycles. The number of aromatic amines is 1. The lowest BCUT2D eigenvalue weighted by molar-refractivity contribution is 0.0688. The predicted octanol–water partition coefficient (Wildman–Crippen LogP) is 5.96. The smallest absolute Gasteiger partial charge is 0.353 e. The number of aromatic carboxylic acids is 1. The van der Waals surface area contributed by atoms with Crippen molar-refractivity contribution in [2.45, 2.75) is 22.9 Å². The molecule has 3 N–H and O–H groups in total. The number of hydrogen-bond donors (Lipinski definition) is 3. The lowest BCUT2D eigenvalue weighted by atomic mass is 10.1. The second-order valence-electron chi connectivity index (χ2n) is 6.66. The van der Waals surface area contributed by atoms with Gasteiger partial charge in [0, 0.05) is 33.9 Å². The highest BCUT2D eigenvalue weighted by atomic mass is 35.5. The second-order valence-corrected chi connectivity index (χ2v) is 8.18. The summed E-state index contributed by atoms with van der Waals surface area (Å²) >= 11 is 7.38. The summed E-state index contributed by atoms with van der Waals surface area (Å²) < 4.78 is 0. The summed E-state index contributed by atoms with van der Waals surface area (Å²) in [6.07, 6.45) is 0. The minimum absolute atomic E-state index is 0.222. The molecule has 0 bridgehead atoms. The van der Waals surface area contributed by atoms with Gasteiger partial charge in [0.1, 0.15) is 5.69 Å². The fourth-order valence-corrected chi connectivity index (χ4v) is 4.33. The Bertz CT molecular complexity index is 1140. The summed E-state index contributed by atoms with van der Waals surface area (Å²) in [7, 11) is 0. The largest absolute Gasteiger partial charge is 0.477 e. The van der Waals surface area contributed by atoms with Crippen LogP contribution in [0.15, 0.2) is 82.6 Å². The van der Waals surface area contributed by atoms with Gasteiger partial charge in [-0.3, -0.25) is 0 Å². The Morgan fingerprint density at radius 2 is 1.66 bits per heavy atom. The Morgan fingerprint density at radius 1 is 0.966 bits per heavy atom. The lowest BCUT2D eigenvalue weighted by Gasteiger charge is -2.06. The molecule has 6 heteroatoms. The van der Waals surface area contributed by atoms with E-state index in [0.29, 0.717) is 6.54 Å². The van der Waals surface area contributed by atoms with Gasteiger partial charge in [-0.05, 0) is 41.5 Å². The van der Waals surface area contributed by atoms with Crippen molar-refractivity contribution in [1.82, 2.24) is 10.3 Å². The van der Waals surface area contributed by atoms with Crippen molar-refractivity contribution in [1.29, 1.82) is 0 Å². The van der Waals surface area contributed by atoms with Crippen LogP contribution in [0.4, 0.5) is 0 Å². The number of halogens is 1. The Morgan fingerprint density at radius 3 is 2.38 bits per heavy atom. The van der Waals surface area contributed by atoms with Crippen molar-refractivity contribution >= 4 is 40.2 Å². The summed E-state index contributed by atoms with van der Waals surface area (Å²) in [5.74, 6) is -0.956. The average Bonchev–Trinajstić information content (AvgIpc) is 3.08. The molecule has 146 valence electrons. The molecule has 0 saturated heterocycles. The normalized spacial score (nSPS) is 11.1. The number of carbonyl (C=O) groups is 1. The van der Waals surface area contributed by atoms with E-state index in [1.165, 1.54) is 11.8 Å². The summed E-state index contributed by atoms with van der Waals surface area (Å²) in [5.41, 5.74) is 3.29. The number of aromatic nitrogens is 1. The molecule has 1 aromatic heterocycles. The van der Waals surface area contributed by atoms with Gasteiger partial charge < -0.3 is 15.4 Å². The van der Waals surface area contributed by atoms with E-state index in [1.807, 2.05) is 72.8 Å². The van der Waals surface area contributed by atoms with Gasteiger partial charge in [0.25, 0.3) is 0 Å². The van der Waals surface area contributed by atoms with Crippen LogP contribution in [0.25, 0.3) is 10.9 Å². The molecule has 3 aromatic carbocycles. The van der Waals surface area contributed by atoms with Crippen LogP contribution in [0.2, 0.25) is 5.02 Å². The molecule has 0 amide bonds. The van der Waals surface area contributed by atoms with Crippen molar-refractivity contribution in [2.24, 2.45) is 0 Å². The first kappa shape index (κ1) is 19.6. The molecule has 4 rings (SSSR count). The minimum atomic E-state index is -0.956. The zero-order chi connectivity index (χ0) is 20.2. The van der Waals surface area contributed by atoms with Crippen molar-refractivity contribution in [3.63, 3.8) is 0 Å². The van der Waals surface area contributed by atoms with E-state index in [1.54, 1.807) is 0 Å². The standard InChI is InChI=1S/C23H19ClN2O2S/c24-17-9-6-15(7-10-17)13-25-14-16-8-11-19-20(12-16)26-21(23(27)28)22(19)29-18-4-2-1-3-5-18/h1-12,25-26H,13-14H2,(H,27,28). The molecule has 0 unspecified atom stereocenters. The van der Waals surface area contributed by atoms with Crippen LogP contribution < -0.4 is 5.32 Å². The first-order valence-electron chi connectivity index (χ1n) is 9.16. The van der Waals surface area contributed by atoms with Crippen LogP contribution in [0.3, 0.4) is 0 Å². The summed E-state index contributed by atoms with van der Waals surface area (Å²) in [6.45, 7) is 1.41. The van der Waals surface area contributed by atoms with Crippen molar-refractivity contribution in [3.8, 4) is 0 Å². The lowest BCUT2D eigenvalue weighted by Crippen LogP contribution is -2.12. The van der Waals surface area contributed by atoms with Gasteiger partial charge in [0.2, 0.25) is 0 Å². The van der Waals surface area contributed by atoms with Crippen LogP contribution in [0.5, 0.6) is 0 Å². The third-order valence-electron chi connectivity index (χ3n) is 4.56. The molecule has 0 fully saturated rings. The Labute approximate surface area is 177 Å². The van der Waals surface area contributed by atoms with E-state index in [0.717, 1.165) is 43.4 Å². The fraction of sp³-hybridized carbons (Fsp3) is 0.0870. The van der Waals surface area contributed by atoms with Crippen LogP contribution >= 0.6 is 23.4 Å². The fourth-order valence-electron chi connectivity index (χ4n) is 3.15. The van der Waals surface area contributed by atoms with Crippen molar-refractivity contribution in [2.75, 3.05) is 0 Å². The highest BCUT2D eigenvalue weighted by molar-refractivity contribution is 7.99. The van der Waals surface area contributed by atoms with E-state index in [2.05, 4.69) is 10.3 Å². The van der Waals surface area contributed by atoms with Gasteiger partial charge in [-0.2, -0.15) is 0 Å². The number of carboxylic acids is 1. The molecule has 4 aromatic rings. The van der Waals surface area contributed by atoms with Gasteiger partial charge in [-0.25, -0.2) is 4.79 Å². The van der Waals surface area contributed by atoms with E-state index in [-0.39, 0.29) is 5.69 Å². The summed E-state index contributed by atoms with van der Waals surface area (Å²) in [5, 5.41) is 14.7. The number of nitrogens with one attached hydrogen (secondary N) is 2. The van der Waals surface area contributed by atoms with Crippen molar-refractivity contribution in [3.05, 3.63) is 94.6 Å². The van der Waals surface area contributed by atoms with E-state index in [4.69, 9.17) is 11.6 Å². The number of rotatable bonds is 7. The third-order valence-corrected chi connectivity index (χ3v) is 5.95. The van der Waals surface area contributed by atoms with E-state index >= 15 is 0 Å². The molecule has 4 nitrogen and oxygen atoms in total. The number of carboxylic acid groups (broad SMARTS) is 1. The highest BCUT2D eigenvalue weighted by Crippen LogP contribution is 2.37. The zero-order valence-corrected chi connectivity index (χ0v) is 17.1. The van der Waals surface area contributed by atoms with E-state index in [9.17, 15) is 9.90 Å². The number of benzene rings is 3. The Balaban J connectivity index is 1.54. The molecule has 29 heavy (non-hydrogen) atoms. The van der Waals surface area contributed by atoms with E-state index < -0.39 is 5.97 Å². The minimum Gasteiger partial charge on any atom is -0.477 e. The maximum Gasteiger partial charge on any atom is 0.353 e. The molecular weight excluding hydrogens is 404 g/mol. The predicted molar refractivity (Wildman–Crippen MR) is 118 cm³/mol. The van der Waals surface area contributed by atoms with Gasteiger partial charge in [-0.15, -0.1) is 0 Å². The molecule has 0 aliphatic heterocycles. The zero-order valence-electron chi connectivity index (χ0n) is 15.5. The summed E-state index contributed by atoms with van der Waals surface area (Å²) in [6, 6.07) is 23.6. The first-order valence-corrected chi connectivity index (χ1v) is 10.4. The van der Waals surface area contributed by atoms with Gasteiger partial charge in [0.15, 0.2) is 0 Å². The number of H-pyrrole nitrogens is 1. The topological polar surface area (TPSA) is 65.1 Å². The molecule has 0 aliphatic carbocycles. The maximum atomic E-state index is 11.8. The third kappa shape index (κ3) is 4.65. The SMILES string of the molecule is O=C(O)c1[nH]c2cc(CNCc3ccc(Cl)cc3)ccc2c1Sc1ccccc1. The monoisotopic (exact) mass is 422 g/mol. The first-order chi connectivity index (χ1) is 14.1. The highest BCUT2D eigenvalue weighted by Gasteiger charge is 2.18. The Hall–Kier alpha value is -2.73. The Kier molecular flexibility index (Phi) is 5.90.